The van der Waals surface area contributed by atoms with Crippen LogP contribution in [0.3, 0.4) is 0 Å². The molecule has 4 heteroatoms. The third-order valence-electron chi connectivity index (χ3n) is 16.9. The average Bonchev–Trinajstić information content (AvgIpc) is 3.69. The first-order valence-electron chi connectivity index (χ1n) is 27.0. The second-order valence-electron chi connectivity index (χ2n) is 26.5. The molecule has 364 valence electrons. The van der Waals surface area contributed by atoms with Gasteiger partial charge in [-0.25, -0.2) is 0 Å². The fourth-order valence-electron chi connectivity index (χ4n) is 12.6. The van der Waals surface area contributed by atoms with Crippen molar-refractivity contribution in [2.24, 2.45) is 22.7 Å². The van der Waals surface area contributed by atoms with E-state index in [1.54, 1.807) is 0 Å². The summed E-state index contributed by atoms with van der Waals surface area (Å²) in [6.07, 6.45) is 42.4. The van der Waals surface area contributed by atoms with Gasteiger partial charge in [0.05, 0.1) is 6.04 Å². The molecule has 2 unspecified atom stereocenters. The van der Waals surface area contributed by atoms with Crippen LogP contribution in [0.15, 0.2) is 165 Å². The molecule has 0 bridgehead atoms. The van der Waals surface area contributed by atoms with Gasteiger partial charge in [0.1, 0.15) is 5.58 Å². The maximum Gasteiger partial charge on any atom is 0.252 e. The van der Waals surface area contributed by atoms with Gasteiger partial charge >= 0.3 is 0 Å². The summed E-state index contributed by atoms with van der Waals surface area (Å²) in [6, 6.07) is 14.2. The van der Waals surface area contributed by atoms with Crippen LogP contribution in [0.2, 0.25) is 0 Å². The van der Waals surface area contributed by atoms with E-state index in [-0.39, 0.29) is 39.8 Å². The van der Waals surface area contributed by atoms with Crippen LogP contribution in [0.1, 0.15) is 171 Å². The Morgan fingerprint density at radius 2 is 1.56 bits per heavy atom. The van der Waals surface area contributed by atoms with Crippen LogP contribution in [0, 0.1) is 22.7 Å². The zero-order valence-electron chi connectivity index (χ0n) is 45.3. The minimum atomic E-state index is -0.131. The van der Waals surface area contributed by atoms with Crippen LogP contribution >= 0.6 is 0 Å². The molecule has 3 nitrogen and oxygen atoms in total. The van der Waals surface area contributed by atoms with Crippen LogP contribution in [-0.4, -0.2) is 17.7 Å². The number of anilines is 1. The Morgan fingerprint density at radius 1 is 0.829 bits per heavy atom. The molecular formula is C66H81BN2O. The van der Waals surface area contributed by atoms with Gasteiger partial charge in [-0.15, -0.1) is 0 Å². The zero-order valence-corrected chi connectivity index (χ0v) is 45.3. The lowest BCUT2D eigenvalue weighted by atomic mass is 9.30. The van der Waals surface area contributed by atoms with Crippen molar-refractivity contribution >= 4 is 35.1 Å². The molecule has 2 aromatic carbocycles. The van der Waals surface area contributed by atoms with Crippen molar-refractivity contribution in [2.75, 3.05) is 4.90 Å². The third kappa shape index (κ3) is 8.83. The number of allylic oxidation sites excluding steroid dienone is 16. The number of hydrogen-bond donors (Lipinski definition) is 0. The molecule has 0 saturated carbocycles. The smallest absolute Gasteiger partial charge is 0.252 e. The highest BCUT2D eigenvalue weighted by Gasteiger charge is 2.53. The first-order chi connectivity index (χ1) is 33.0. The molecule has 0 spiro atoms. The van der Waals surface area contributed by atoms with Crippen molar-refractivity contribution in [3.05, 3.63) is 183 Å². The largest absolute Gasteiger partial charge is 0.441 e. The number of benzene rings is 2. The standard InChI is InChI=1S/C66H81BN2O/c1-43(2)45-29-30-54-55(38-45)68(49-26-20-21-33-64(9,10)51-28-19-18-25-46(51)37-49)56-39-47(44-23-16-15-17-24-44)40-57-60(56)67(54)59-50-41-52-53(66(13,14)36-35-65(52,11)12)42-58(50)70-61(59)69(57)48(31-34-63(6,7)8)27-22-32-62(3,4)5/h15-16,18-23,25-31,33,37,39,41-43,45,57H,17,24,32,34-36,38,40H2,1-14H3/b26-20-,27-22-,33-21+,48-31+,49-37-. The molecule has 3 heterocycles. The van der Waals surface area contributed by atoms with Gasteiger partial charge in [-0.1, -0.05) is 182 Å². The summed E-state index contributed by atoms with van der Waals surface area (Å²) in [4.78, 5) is 5.45. The van der Waals surface area contributed by atoms with E-state index in [9.17, 15) is 0 Å². The van der Waals surface area contributed by atoms with Crippen molar-refractivity contribution in [2.45, 2.75) is 171 Å². The van der Waals surface area contributed by atoms with E-state index < -0.39 is 0 Å². The lowest BCUT2D eigenvalue weighted by molar-refractivity contribution is 0.332. The number of hydrogen-bond acceptors (Lipinski definition) is 3. The Bertz CT molecular complexity index is 2970. The molecule has 1 aromatic heterocycles. The van der Waals surface area contributed by atoms with Crippen LogP contribution in [0.25, 0.3) is 17.0 Å². The molecule has 0 N–H and O–H groups in total. The fraction of sp³-hybridized carbons (Fsp3) is 0.455. The normalized spacial score (nSPS) is 25.3. The summed E-state index contributed by atoms with van der Waals surface area (Å²) in [7, 11) is 0. The first kappa shape index (κ1) is 48.4. The second kappa shape index (κ2) is 17.5. The van der Waals surface area contributed by atoms with Crippen LogP contribution in [0.4, 0.5) is 5.88 Å². The third-order valence-corrected chi connectivity index (χ3v) is 16.9. The molecule has 3 aromatic rings. The van der Waals surface area contributed by atoms with Gasteiger partial charge in [0.2, 0.25) is 0 Å². The first-order valence-corrected chi connectivity index (χ1v) is 27.0. The summed E-state index contributed by atoms with van der Waals surface area (Å²) in [6.45, 7) is 33.6. The lowest BCUT2D eigenvalue weighted by Crippen LogP contribution is -2.57. The second-order valence-corrected chi connectivity index (χ2v) is 26.5. The molecule has 0 amide bonds. The Morgan fingerprint density at radius 3 is 2.26 bits per heavy atom. The molecule has 2 atom stereocenters. The highest BCUT2D eigenvalue weighted by Crippen LogP contribution is 2.54. The summed E-state index contributed by atoms with van der Waals surface area (Å²) in [5.41, 5.74) is 19.2. The van der Waals surface area contributed by atoms with Crippen LogP contribution in [-0.2, 0) is 16.2 Å². The van der Waals surface area contributed by atoms with E-state index in [1.165, 1.54) is 90.8 Å². The maximum atomic E-state index is 7.69. The quantitative estimate of drug-likeness (QED) is 0.174. The average molecular weight is 929 g/mol. The predicted octanol–water partition coefficient (Wildman–Crippen LogP) is 17.2. The van der Waals surface area contributed by atoms with Crippen LogP contribution < -0.4 is 10.4 Å². The number of furan rings is 1. The molecule has 10 rings (SSSR count). The highest BCUT2D eigenvalue weighted by molar-refractivity contribution is 6.90. The van der Waals surface area contributed by atoms with Crippen molar-refractivity contribution in [1.82, 2.24) is 4.90 Å². The summed E-state index contributed by atoms with van der Waals surface area (Å²) < 4.78 is 7.69. The van der Waals surface area contributed by atoms with Crippen molar-refractivity contribution < 1.29 is 4.42 Å². The Balaban J connectivity index is 1.33. The zero-order chi connectivity index (χ0) is 49.7. The molecular weight excluding hydrogens is 848 g/mol. The van der Waals surface area contributed by atoms with E-state index >= 15 is 0 Å². The minimum Gasteiger partial charge on any atom is -0.441 e. The van der Waals surface area contributed by atoms with Crippen molar-refractivity contribution in [1.29, 1.82) is 0 Å². The molecule has 5 aliphatic carbocycles. The van der Waals surface area contributed by atoms with Crippen LogP contribution in [0.5, 0.6) is 0 Å². The van der Waals surface area contributed by atoms with Crippen molar-refractivity contribution in [3.8, 4) is 0 Å². The summed E-state index contributed by atoms with van der Waals surface area (Å²) >= 11 is 0. The minimum absolute atomic E-state index is 0.0210. The van der Waals surface area contributed by atoms with E-state index in [2.05, 4.69) is 228 Å². The molecule has 0 saturated heterocycles. The molecule has 0 radical (unpaired) electrons. The number of rotatable bonds is 7. The molecule has 70 heavy (non-hydrogen) atoms. The van der Waals surface area contributed by atoms with Gasteiger partial charge in [0.25, 0.3) is 6.71 Å². The van der Waals surface area contributed by atoms with E-state index in [4.69, 9.17) is 4.42 Å². The summed E-state index contributed by atoms with van der Waals surface area (Å²) in [5.74, 6) is 1.95. The predicted molar refractivity (Wildman–Crippen MR) is 301 cm³/mol. The SMILES string of the molecule is CC(C)C1C=CC2=C(C1)N(C1=C\c3ccccc3C(C)(C)/C=C/C=C\1)C1=C3B2c2c(oc4cc5c(cc24)C(C)(C)CCC5(C)C)N(C(/C=C\CC(C)(C)C)=C/CC(C)(C)C)C3CC(C2=CC=CCC2)=C1. The van der Waals surface area contributed by atoms with E-state index in [0.717, 1.165) is 50.0 Å². The topological polar surface area (TPSA) is 19.6 Å². The monoisotopic (exact) mass is 929 g/mol. The molecule has 0 fully saturated rings. The maximum absolute atomic E-state index is 7.69. The molecule has 2 aliphatic heterocycles. The Kier molecular flexibility index (Phi) is 12.1. The van der Waals surface area contributed by atoms with Crippen molar-refractivity contribution in [3.63, 3.8) is 0 Å². The Labute approximate surface area is 423 Å². The lowest BCUT2D eigenvalue weighted by Gasteiger charge is -2.51. The Hall–Kier alpha value is -5.22. The fourth-order valence-corrected chi connectivity index (χ4v) is 12.6. The number of nitrogens with zero attached hydrogens (tertiary/aromatic N) is 2. The summed E-state index contributed by atoms with van der Waals surface area (Å²) in [5, 5.41) is 1.28. The van der Waals surface area contributed by atoms with Gasteiger partial charge in [-0.05, 0) is 166 Å². The molecule has 7 aliphatic rings. The van der Waals surface area contributed by atoms with E-state index in [1.807, 2.05) is 0 Å². The highest BCUT2D eigenvalue weighted by atomic mass is 16.4. The van der Waals surface area contributed by atoms with Gasteiger partial charge in [0.15, 0.2) is 5.88 Å². The van der Waals surface area contributed by atoms with Gasteiger partial charge in [-0.3, -0.25) is 0 Å². The van der Waals surface area contributed by atoms with Gasteiger partial charge < -0.3 is 14.2 Å². The van der Waals surface area contributed by atoms with E-state index in [0.29, 0.717) is 11.8 Å². The van der Waals surface area contributed by atoms with Gasteiger partial charge in [0, 0.05) is 39.1 Å². The number of fused-ring (bicyclic) bond motifs is 7. The van der Waals surface area contributed by atoms with Gasteiger partial charge in [-0.2, -0.15) is 0 Å².